The molecule has 90 valence electrons. The third-order valence-corrected chi connectivity index (χ3v) is 3.69. The molecule has 0 aromatic heterocycles. The number of ether oxygens (including phenoxy) is 1. The Kier molecular flexibility index (Phi) is 2.73. The lowest BCUT2D eigenvalue weighted by Crippen LogP contribution is -2.23. The van der Waals surface area contributed by atoms with Crippen LogP contribution in [0, 0.1) is 0 Å². The molecule has 1 atom stereocenters. The molecule has 0 N–H and O–H groups in total. The Labute approximate surface area is 112 Å². The van der Waals surface area contributed by atoms with Crippen LogP contribution in [0.1, 0.15) is 16.7 Å². The smallest absolute Gasteiger partial charge is 0.137 e. The first-order chi connectivity index (χ1) is 8.76. The second-order valence-corrected chi connectivity index (χ2v) is 4.83. The van der Waals surface area contributed by atoms with E-state index in [9.17, 15) is 0 Å². The lowest BCUT2D eigenvalue weighted by atomic mass is 9.86. The number of rotatable bonds is 2. The molecule has 1 aliphatic heterocycles. The third-order valence-electron chi connectivity index (χ3n) is 3.43. The molecule has 18 heavy (non-hydrogen) atoms. The van der Waals surface area contributed by atoms with Crippen LogP contribution in [-0.4, -0.2) is 0 Å². The average molecular weight is 257 g/mol. The van der Waals surface area contributed by atoms with Crippen LogP contribution in [0.15, 0.2) is 61.2 Å². The maximum absolute atomic E-state index is 6.02. The third kappa shape index (κ3) is 1.59. The van der Waals surface area contributed by atoms with Gasteiger partial charge >= 0.3 is 0 Å². The van der Waals surface area contributed by atoms with E-state index in [-0.39, 0.29) is 0 Å². The lowest BCUT2D eigenvalue weighted by Gasteiger charge is -2.26. The maximum atomic E-state index is 6.02. The van der Waals surface area contributed by atoms with Crippen LogP contribution in [0.5, 0.6) is 0 Å². The summed E-state index contributed by atoms with van der Waals surface area (Å²) in [7, 11) is 0. The molecular formula is C16H13ClO. The van der Waals surface area contributed by atoms with Crippen molar-refractivity contribution >= 4 is 11.6 Å². The molecule has 2 aromatic carbocycles. The Morgan fingerprint density at radius 3 is 2.56 bits per heavy atom. The second-order valence-electron chi connectivity index (χ2n) is 4.39. The minimum atomic E-state index is -0.540. The first kappa shape index (κ1) is 11.5. The number of halogens is 1. The average Bonchev–Trinajstić information content (AvgIpc) is 2.80. The molecule has 1 nitrogen and oxygen atoms in total. The molecule has 0 bridgehead atoms. The Hall–Kier alpha value is -1.57. The van der Waals surface area contributed by atoms with Crippen LogP contribution in [0.2, 0.25) is 5.02 Å². The maximum Gasteiger partial charge on any atom is 0.137 e. The van der Waals surface area contributed by atoms with Gasteiger partial charge in [-0.05, 0) is 28.8 Å². The highest BCUT2D eigenvalue weighted by atomic mass is 35.5. The van der Waals surface area contributed by atoms with Crippen LogP contribution >= 0.6 is 11.6 Å². The van der Waals surface area contributed by atoms with E-state index in [1.165, 1.54) is 11.1 Å². The Balaban J connectivity index is 2.18. The summed E-state index contributed by atoms with van der Waals surface area (Å²) in [6.45, 7) is 4.57. The number of fused-ring (bicyclic) bond motifs is 1. The molecule has 2 heteroatoms. The van der Waals surface area contributed by atoms with Crippen molar-refractivity contribution in [1.82, 2.24) is 0 Å². The zero-order valence-corrected chi connectivity index (χ0v) is 10.7. The van der Waals surface area contributed by atoms with Crippen molar-refractivity contribution in [1.29, 1.82) is 0 Å². The molecule has 0 saturated heterocycles. The monoisotopic (exact) mass is 256 g/mol. The summed E-state index contributed by atoms with van der Waals surface area (Å²) in [5, 5.41) is 0.726. The van der Waals surface area contributed by atoms with Crippen molar-refractivity contribution < 1.29 is 4.74 Å². The van der Waals surface area contributed by atoms with Gasteiger partial charge in [0.25, 0.3) is 0 Å². The fourth-order valence-electron chi connectivity index (χ4n) is 2.50. The minimum absolute atomic E-state index is 0.540. The van der Waals surface area contributed by atoms with Crippen LogP contribution in [-0.2, 0) is 16.9 Å². The van der Waals surface area contributed by atoms with Gasteiger partial charge in [0.2, 0.25) is 0 Å². The summed E-state index contributed by atoms with van der Waals surface area (Å²) in [5.41, 5.74) is 2.91. The van der Waals surface area contributed by atoms with Crippen LogP contribution in [0.3, 0.4) is 0 Å². The Morgan fingerprint density at radius 2 is 1.83 bits per heavy atom. The van der Waals surface area contributed by atoms with E-state index in [2.05, 4.69) is 18.7 Å². The summed E-state index contributed by atoms with van der Waals surface area (Å²) in [5.74, 6) is 0. The largest absolute Gasteiger partial charge is 0.357 e. The molecule has 1 heterocycles. The van der Waals surface area contributed by atoms with Crippen molar-refractivity contribution in [2.45, 2.75) is 12.2 Å². The normalized spacial score (nSPS) is 21.6. The number of hydrogen-bond donors (Lipinski definition) is 0. The van der Waals surface area contributed by atoms with Crippen molar-refractivity contribution in [3.05, 3.63) is 82.9 Å². The quantitative estimate of drug-likeness (QED) is 0.728. The molecule has 1 aliphatic rings. The number of benzene rings is 2. The van der Waals surface area contributed by atoms with E-state index >= 15 is 0 Å². The molecule has 2 aromatic rings. The van der Waals surface area contributed by atoms with Gasteiger partial charge in [-0.15, -0.1) is 0 Å². The van der Waals surface area contributed by atoms with E-state index < -0.39 is 5.60 Å². The lowest BCUT2D eigenvalue weighted by molar-refractivity contribution is 0.0330. The summed E-state index contributed by atoms with van der Waals surface area (Å²) in [4.78, 5) is 0. The van der Waals surface area contributed by atoms with Gasteiger partial charge in [-0.25, -0.2) is 0 Å². The summed E-state index contributed by atoms with van der Waals surface area (Å²) < 4.78 is 6.02. The molecule has 0 spiro atoms. The van der Waals surface area contributed by atoms with Gasteiger partial charge in [0.05, 0.1) is 6.61 Å². The topological polar surface area (TPSA) is 9.23 Å². The van der Waals surface area contributed by atoms with Gasteiger partial charge in [0, 0.05) is 5.02 Å². The molecule has 0 saturated carbocycles. The molecule has 3 rings (SSSR count). The highest BCUT2D eigenvalue weighted by molar-refractivity contribution is 6.30. The fraction of sp³-hybridized carbons (Fsp3) is 0.125. The van der Waals surface area contributed by atoms with E-state index in [4.69, 9.17) is 16.3 Å². The first-order valence-corrected chi connectivity index (χ1v) is 6.26. The van der Waals surface area contributed by atoms with E-state index in [1.807, 2.05) is 42.5 Å². The van der Waals surface area contributed by atoms with Crippen molar-refractivity contribution in [2.24, 2.45) is 0 Å². The van der Waals surface area contributed by atoms with Gasteiger partial charge in [0.15, 0.2) is 0 Å². The SMILES string of the molecule is C=CC1(c2ccc(Cl)cc2)OCc2ccccc21. The van der Waals surface area contributed by atoms with Crippen LogP contribution in [0.4, 0.5) is 0 Å². The van der Waals surface area contributed by atoms with Gasteiger partial charge in [-0.3, -0.25) is 0 Å². The predicted molar refractivity (Wildman–Crippen MR) is 73.7 cm³/mol. The Morgan fingerprint density at radius 1 is 1.11 bits per heavy atom. The first-order valence-electron chi connectivity index (χ1n) is 5.88. The standard InChI is InChI=1S/C16H13ClO/c1-2-16(13-7-9-14(17)10-8-13)15-6-4-3-5-12(15)11-18-16/h2-10H,1,11H2. The van der Waals surface area contributed by atoms with Gasteiger partial charge in [-0.2, -0.15) is 0 Å². The molecular weight excluding hydrogens is 244 g/mol. The van der Waals surface area contributed by atoms with Gasteiger partial charge < -0.3 is 4.74 Å². The molecule has 0 amide bonds. The van der Waals surface area contributed by atoms with Crippen LogP contribution in [0.25, 0.3) is 0 Å². The molecule has 0 fully saturated rings. The predicted octanol–water partition coefficient (Wildman–Crippen LogP) is 4.30. The molecule has 0 aliphatic carbocycles. The van der Waals surface area contributed by atoms with Gasteiger partial charge in [0.1, 0.15) is 5.60 Å². The van der Waals surface area contributed by atoms with Crippen molar-refractivity contribution in [2.75, 3.05) is 0 Å². The van der Waals surface area contributed by atoms with Crippen molar-refractivity contribution in [3.63, 3.8) is 0 Å². The van der Waals surface area contributed by atoms with Crippen molar-refractivity contribution in [3.8, 4) is 0 Å². The summed E-state index contributed by atoms with van der Waals surface area (Å²) in [6.07, 6.45) is 1.86. The van der Waals surface area contributed by atoms with E-state index in [0.29, 0.717) is 6.61 Å². The summed E-state index contributed by atoms with van der Waals surface area (Å²) in [6, 6.07) is 16.0. The molecule has 0 radical (unpaired) electrons. The fourth-order valence-corrected chi connectivity index (χ4v) is 2.63. The minimum Gasteiger partial charge on any atom is -0.357 e. The highest BCUT2D eigenvalue weighted by Gasteiger charge is 2.38. The van der Waals surface area contributed by atoms with Crippen LogP contribution < -0.4 is 0 Å². The zero-order valence-electron chi connectivity index (χ0n) is 9.90. The van der Waals surface area contributed by atoms with E-state index in [0.717, 1.165) is 10.6 Å². The molecule has 1 unspecified atom stereocenters. The number of hydrogen-bond acceptors (Lipinski definition) is 1. The van der Waals surface area contributed by atoms with Gasteiger partial charge in [-0.1, -0.05) is 60.7 Å². The zero-order chi connectivity index (χ0) is 12.6. The summed E-state index contributed by atoms with van der Waals surface area (Å²) >= 11 is 5.94. The Bertz CT molecular complexity index is 588. The second kappa shape index (κ2) is 4.27. The van der Waals surface area contributed by atoms with E-state index in [1.54, 1.807) is 0 Å². The highest BCUT2D eigenvalue weighted by Crippen LogP contribution is 2.42.